The van der Waals surface area contributed by atoms with Gasteiger partial charge in [-0.3, -0.25) is 0 Å². The van der Waals surface area contributed by atoms with Crippen LogP contribution in [-0.4, -0.2) is 42.8 Å². The average Bonchev–Trinajstić information content (AvgIpc) is 2.54. The number of hydrogen-bond acceptors (Lipinski definition) is 4. The summed E-state index contributed by atoms with van der Waals surface area (Å²) in [5, 5.41) is 12.4. The molecular weight excluding hydrogens is 288 g/mol. The van der Waals surface area contributed by atoms with Gasteiger partial charge >= 0.3 is 0 Å². The second-order valence-corrected chi connectivity index (χ2v) is 5.83. The summed E-state index contributed by atoms with van der Waals surface area (Å²) in [5.41, 5.74) is 1.19. The average molecular weight is 314 g/mol. The van der Waals surface area contributed by atoms with Crippen LogP contribution in [0, 0.1) is 0 Å². The minimum absolute atomic E-state index is 0.197. The van der Waals surface area contributed by atoms with Gasteiger partial charge < -0.3 is 20.1 Å². The molecule has 0 aliphatic rings. The zero-order chi connectivity index (χ0) is 16.5. The largest absolute Gasteiger partial charge is 0.457 e. The monoisotopic (exact) mass is 314 g/mol. The van der Waals surface area contributed by atoms with Crippen molar-refractivity contribution in [1.82, 2.24) is 10.2 Å². The van der Waals surface area contributed by atoms with Gasteiger partial charge in [0.05, 0.1) is 6.61 Å². The van der Waals surface area contributed by atoms with Gasteiger partial charge in [-0.1, -0.05) is 30.3 Å². The zero-order valence-corrected chi connectivity index (χ0v) is 13.9. The molecule has 0 spiro atoms. The lowest BCUT2D eigenvalue weighted by Crippen LogP contribution is -2.38. The van der Waals surface area contributed by atoms with E-state index in [1.165, 1.54) is 5.56 Å². The number of aliphatic hydroxyl groups excluding tert-OH is 1. The Labute approximate surface area is 138 Å². The standard InChI is InChI=1S/C19H26N2O2/c1-16(15-21(2)11-12-22)20-14-17-7-6-10-19(13-17)23-18-8-4-3-5-9-18/h3-10,13,16,20,22H,11-12,14-15H2,1-2H3. The van der Waals surface area contributed by atoms with Crippen LogP contribution < -0.4 is 10.1 Å². The molecule has 124 valence electrons. The number of nitrogens with zero attached hydrogens (tertiary/aromatic N) is 1. The van der Waals surface area contributed by atoms with Crippen LogP contribution in [-0.2, 0) is 6.54 Å². The predicted octanol–water partition coefficient (Wildman–Crippen LogP) is 2.88. The quantitative estimate of drug-likeness (QED) is 0.747. The summed E-state index contributed by atoms with van der Waals surface area (Å²) in [6, 6.07) is 18.3. The fraction of sp³-hybridized carbons (Fsp3) is 0.368. The molecule has 0 aliphatic carbocycles. The maximum Gasteiger partial charge on any atom is 0.127 e. The molecule has 2 aromatic rings. The summed E-state index contributed by atoms with van der Waals surface area (Å²) < 4.78 is 5.86. The number of likely N-dealkylation sites (N-methyl/N-ethyl adjacent to an activating group) is 1. The second kappa shape index (κ2) is 9.30. The number of rotatable bonds is 9. The van der Waals surface area contributed by atoms with Crippen molar-refractivity contribution in [3.8, 4) is 11.5 Å². The molecule has 2 N–H and O–H groups in total. The van der Waals surface area contributed by atoms with Crippen LogP contribution >= 0.6 is 0 Å². The van der Waals surface area contributed by atoms with Crippen molar-refractivity contribution in [2.75, 3.05) is 26.7 Å². The van der Waals surface area contributed by atoms with E-state index in [4.69, 9.17) is 9.84 Å². The second-order valence-electron chi connectivity index (χ2n) is 5.83. The minimum atomic E-state index is 0.197. The Morgan fingerprint density at radius 1 is 1.09 bits per heavy atom. The lowest BCUT2D eigenvalue weighted by atomic mass is 10.2. The van der Waals surface area contributed by atoms with Crippen molar-refractivity contribution in [2.45, 2.75) is 19.5 Å². The number of benzene rings is 2. The molecule has 0 radical (unpaired) electrons. The maximum absolute atomic E-state index is 8.93. The Kier molecular flexibility index (Phi) is 7.07. The molecule has 2 aromatic carbocycles. The Morgan fingerprint density at radius 3 is 2.57 bits per heavy atom. The molecule has 0 aromatic heterocycles. The fourth-order valence-corrected chi connectivity index (χ4v) is 2.43. The maximum atomic E-state index is 8.93. The van der Waals surface area contributed by atoms with E-state index in [1.54, 1.807) is 0 Å². The van der Waals surface area contributed by atoms with Gasteiger partial charge in [0.25, 0.3) is 0 Å². The number of nitrogens with one attached hydrogen (secondary N) is 1. The molecule has 0 heterocycles. The summed E-state index contributed by atoms with van der Waals surface area (Å²) in [5.74, 6) is 1.69. The molecule has 0 amide bonds. The lowest BCUT2D eigenvalue weighted by molar-refractivity contribution is 0.210. The van der Waals surface area contributed by atoms with Crippen molar-refractivity contribution in [3.05, 3.63) is 60.2 Å². The molecule has 1 atom stereocenters. The van der Waals surface area contributed by atoms with Crippen LogP contribution in [0.4, 0.5) is 0 Å². The number of aliphatic hydroxyl groups is 1. The van der Waals surface area contributed by atoms with E-state index in [1.807, 2.05) is 49.5 Å². The van der Waals surface area contributed by atoms with Gasteiger partial charge in [-0.2, -0.15) is 0 Å². The lowest BCUT2D eigenvalue weighted by Gasteiger charge is -2.21. The van der Waals surface area contributed by atoms with Gasteiger partial charge in [0.2, 0.25) is 0 Å². The van der Waals surface area contributed by atoms with Crippen LogP contribution in [0.25, 0.3) is 0 Å². The van der Waals surface area contributed by atoms with Crippen LogP contribution in [0.5, 0.6) is 11.5 Å². The number of hydrogen-bond donors (Lipinski definition) is 2. The van der Waals surface area contributed by atoms with E-state index < -0.39 is 0 Å². The number of ether oxygens (including phenoxy) is 1. The molecule has 0 bridgehead atoms. The summed E-state index contributed by atoms with van der Waals surface area (Å²) in [7, 11) is 2.02. The first-order valence-corrected chi connectivity index (χ1v) is 8.02. The highest BCUT2D eigenvalue weighted by Crippen LogP contribution is 2.21. The molecule has 4 nitrogen and oxygen atoms in total. The normalized spacial score (nSPS) is 12.3. The Morgan fingerprint density at radius 2 is 1.83 bits per heavy atom. The third-order valence-electron chi connectivity index (χ3n) is 3.60. The third kappa shape index (κ3) is 6.40. The van der Waals surface area contributed by atoms with Gasteiger partial charge in [0, 0.05) is 25.7 Å². The van der Waals surface area contributed by atoms with Crippen molar-refractivity contribution in [3.63, 3.8) is 0 Å². The van der Waals surface area contributed by atoms with Crippen LogP contribution in [0.1, 0.15) is 12.5 Å². The first-order chi connectivity index (χ1) is 11.2. The highest BCUT2D eigenvalue weighted by molar-refractivity contribution is 5.33. The summed E-state index contributed by atoms with van der Waals surface area (Å²) in [6.07, 6.45) is 0. The van der Waals surface area contributed by atoms with Crippen molar-refractivity contribution < 1.29 is 9.84 Å². The van der Waals surface area contributed by atoms with E-state index in [0.29, 0.717) is 12.6 Å². The Hall–Kier alpha value is -1.88. The van der Waals surface area contributed by atoms with Crippen LogP contribution in [0.2, 0.25) is 0 Å². The predicted molar refractivity (Wildman–Crippen MR) is 93.8 cm³/mol. The highest BCUT2D eigenvalue weighted by Gasteiger charge is 2.06. The van der Waals surface area contributed by atoms with Gasteiger partial charge in [0.1, 0.15) is 11.5 Å². The van der Waals surface area contributed by atoms with Crippen molar-refractivity contribution in [1.29, 1.82) is 0 Å². The van der Waals surface area contributed by atoms with Crippen LogP contribution in [0.3, 0.4) is 0 Å². The summed E-state index contributed by atoms with van der Waals surface area (Å²) in [6.45, 7) is 4.74. The van der Waals surface area contributed by atoms with E-state index in [9.17, 15) is 0 Å². The van der Waals surface area contributed by atoms with E-state index >= 15 is 0 Å². The van der Waals surface area contributed by atoms with E-state index in [-0.39, 0.29) is 6.61 Å². The number of para-hydroxylation sites is 1. The topological polar surface area (TPSA) is 44.7 Å². The third-order valence-corrected chi connectivity index (χ3v) is 3.60. The summed E-state index contributed by atoms with van der Waals surface area (Å²) in [4.78, 5) is 2.12. The van der Waals surface area contributed by atoms with E-state index in [2.05, 4.69) is 29.3 Å². The van der Waals surface area contributed by atoms with Crippen molar-refractivity contribution in [2.24, 2.45) is 0 Å². The highest BCUT2D eigenvalue weighted by atomic mass is 16.5. The molecule has 23 heavy (non-hydrogen) atoms. The van der Waals surface area contributed by atoms with E-state index in [0.717, 1.165) is 24.6 Å². The molecule has 0 saturated heterocycles. The molecule has 0 saturated carbocycles. The smallest absolute Gasteiger partial charge is 0.127 e. The molecule has 0 aliphatic heterocycles. The van der Waals surface area contributed by atoms with Gasteiger partial charge in [0.15, 0.2) is 0 Å². The fourth-order valence-electron chi connectivity index (χ4n) is 2.43. The Balaban J connectivity index is 1.85. The Bertz CT molecular complexity index is 575. The first-order valence-electron chi connectivity index (χ1n) is 8.02. The van der Waals surface area contributed by atoms with Gasteiger partial charge in [-0.15, -0.1) is 0 Å². The van der Waals surface area contributed by atoms with Crippen LogP contribution in [0.15, 0.2) is 54.6 Å². The SMILES string of the molecule is CC(CN(C)CCO)NCc1cccc(Oc2ccccc2)c1. The molecule has 0 fully saturated rings. The summed E-state index contributed by atoms with van der Waals surface area (Å²) >= 11 is 0. The molecular formula is C19H26N2O2. The zero-order valence-electron chi connectivity index (χ0n) is 13.9. The van der Waals surface area contributed by atoms with Crippen molar-refractivity contribution >= 4 is 0 Å². The molecule has 2 rings (SSSR count). The first kappa shape index (κ1) is 17.5. The minimum Gasteiger partial charge on any atom is -0.457 e. The molecule has 1 unspecified atom stereocenters. The van der Waals surface area contributed by atoms with Gasteiger partial charge in [-0.25, -0.2) is 0 Å². The van der Waals surface area contributed by atoms with Gasteiger partial charge in [-0.05, 0) is 43.8 Å². The molecule has 4 heteroatoms.